The monoisotopic (exact) mass is 393 g/mol. The van der Waals surface area contributed by atoms with Crippen molar-refractivity contribution in [1.29, 1.82) is 0 Å². The molecule has 1 saturated heterocycles. The van der Waals surface area contributed by atoms with Crippen LogP contribution in [0.3, 0.4) is 0 Å². The summed E-state index contributed by atoms with van der Waals surface area (Å²) in [5.41, 5.74) is -0.153. The van der Waals surface area contributed by atoms with Crippen LogP contribution in [0.25, 0.3) is 0 Å². The number of carboxylic acid groups (broad SMARTS) is 1. The summed E-state index contributed by atoms with van der Waals surface area (Å²) in [6, 6.07) is 2.68. The van der Waals surface area contributed by atoms with Crippen LogP contribution >= 0.6 is 7.60 Å². The number of hydrogen-bond acceptors (Lipinski definition) is 8. The molecule has 1 aliphatic heterocycles. The first-order valence-electron chi connectivity index (χ1n) is 6.44. The van der Waals surface area contributed by atoms with Crippen molar-refractivity contribution in [3.8, 4) is 0 Å². The Balaban J connectivity index is 0.00000264. The van der Waals surface area contributed by atoms with Gasteiger partial charge in [-0.25, -0.2) is 0 Å². The quantitative estimate of drug-likeness (QED) is 0.284. The molecule has 0 unspecified atom stereocenters. The van der Waals surface area contributed by atoms with Gasteiger partial charge in [0.2, 0.25) is 0 Å². The van der Waals surface area contributed by atoms with Crippen molar-refractivity contribution in [2.24, 2.45) is 0 Å². The maximum atomic E-state index is 10.8. The van der Waals surface area contributed by atoms with Gasteiger partial charge in [0.25, 0.3) is 6.23 Å². The Morgan fingerprint density at radius 3 is 2.50 bits per heavy atom. The normalized spacial score (nSPS) is 26.3. The van der Waals surface area contributed by atoms with Crippen LogP contribution in [-0.2, 0) is 9.30 Å². The molecule has 1 aromatic heterocycles. The van der Waals surface area contributed by atoms with Crippen molar-refractivity contribution >= 4 is 13.6 Å². The summed E-state index contributed by atoms with van der Waals surface area (Å²) in [5.74, 6) is -1.42. The Morgan fingerprint density at radius 2 is 1.96 bits per heavy atom. The largest absolute Gasteiger partial charge is 1.00 e. The molecule has 0 aliphatic carbocycles. The van der Waals surface area contributed by atoms with Gasteiger partial charge in [0.05, 0.1) is 17.6 Å². The molecule has 122 valence electrons. The average molecular weight is 393 g/mol. The van der Waals surface area contributed by atoms with Crippen LogP contribution in [0.1, 0.15) is 23.0 Å². The minimum Gasteiger partial charge on any atom is -0.811 e. The van der Waals surface area contributed by atoms with Gasteiger partial charge in [0.1, 0.15) is 6.10 Å². The van der Waals surface area contributed by atoms with E-state index in [-0.39, 0.29) is 92.9 Å². The molecule has 0 radical (unpaired) electrons. The maximum absolute atomic E-state index is 10.8. The van der Waals surface area contributed by atoms with E-state index >= 15 is 0 Å². The SMILES string of the molecule is O=C([O-])c1ccc[n+]([C@@H]2O[C@H](CCP(=O)([O-])[O-])[C@@H](O)[C@H]2O)c1.[K+].[Na+]. The maximum Gasteiger partial charge on any atom is 1.00 e. The van der Waals surface area contributed by atoms with Gasteiger partial charge in [-0.15, -0.1) is 0 Å². The summed E-state index contributed by atoms with van der Waals surface area (Å²) in [5, 5.41) is 30.6. The number of aliphatic hydroxyl groups excluding tert-OH is 2. The van der Waals surface area contributed by atoms with Crippen molar-refractivity contribution < 1.29 is 125 Å². The third kappa shape index (κ3) is 6.79. The Morgan fingerprint density at radius 1 is 1.33 bits per heavy atom. The minimum absolute atomic E-state index is 0. The fourth-order valence-electron chi connectivity index (χ4n) is 2.27. The fraction of sp³-hybridized carbons (Fsp3) is 0.500. The van der Waals surface area contributed by atoms with Gasteiger partial charge >= 0.3 is 80.9 Å². The topological polar surface area (TPSA) is 157 Å². The number of carbonyl (C=O) groups excluding carboxylic acids is 1. The van der Waals surface area contributed by atoms with Crippen LogP contribution in [0.15, 0.2) is 24.5 Å². The van der Waals surface area contributed by atoms with E-state index in [2.05, 4.69) is 0 Å². The van der Waals surface area contributed by atoms with E-state index < -0.39 is 44.3 Å². The van der Waals surface area contributed by atoms with Gasteiger partial charge < -0.3 is 39.2 Å². The van der Waals surface area contributed by atoms with Crippen molar-refractivity contribution in [2.45, 2.75) is 31.0 Å². The van der Waals surface area contributed by atoms with Gasteiger partial charge in [-0.1, -0.05) is 7.60 Å². The van der Waals surface area contributed by atoms with E-state index in [0.29, 0.717) is 0 Å². The van der Waals surface area contributed by atoms with Crippen LogP contribution in [0.4, 0.5) is 0 Å². The minimum atomic E-state index is -4.74. The Labute approximate surface area is 202 Å². The Kier molecular flexibility index (Phi) is 11.1. The van der Waals surface area contributed by atoms with Gasteiger partial charge in [-0.2, -0.15) is 4.57 Å². The number of hydrogen-bond donors (Lipinski definition) is 2. The smallest absolute Gasteiger partial charge is 0.811 e. The number of carboxylic acids is 1. The molecule has 9 nitrogen and oxygen atoms in total. The molecule has 4 atom stereocenters. The molecule has 2 rings (SSSR count). The second-order valence-electron chi connectivity index (χ2n) is 5.00. The number of pyridine rings is 1. The van der Waals surface area contributed by atoms with Crippen LogP contribution in [0.5, 0.6) is 0 Å². The van der Waals surface area contributed by atoms with Crippen molar-refractivity contribution in [3.05, 3.63) is 30.1 Å². The zero-order chi connectivity index (χ0) is 16.5. The van der Waals surface area contributed by atoms with E-state index in [1.165, 1.54) is 22.9 Å². The zero-order valence-electron chi connectivity index (χ0n) is 13.3. The van der Waals surface area contributed by atoms with E-state index in [1.807, 2.05) is 0 Å². The molecule has 1 aliphatic rings. The fourth-order valence-corrected chi connectivity index (χ4v) is 2.84. The molecule has 0 bridgehead atoms. The summed E-state index contributed by atoms with van der Waals surface area (Å²) < 4.78 is 17.2. The molecule has 24 heavy (non-hydrogen) atoms. The first-order chi connectivity index (χ1) is 10.2. The van der Waals surface area contributed by atoms with Crippen molar-refractivity contribution in [1.82, 2.24) is 0 Å². The number of aromatic nitrogens is 1. The second-order valence-corrected chi connectivity index (χ2v) is 6.67. The van der Waals surface area contributed by atoms with Gasteiger partial charge in [-0.3, -0.25) is 0 Å². The van der Waals surface area contributed by atoms with Gasteiger partial charge in [0, 0.05) is 6.07 Å². The number of carbonyl (C=O) groups is 1. The van der Waals surface area contributed by atoms with Crippen LogP contribution in [0, 0.1) is 0 Å². The van der Waals surface area contributed by atoms with E-state index in [4.69, 9.17) is 4.74 Å². The molecule has 2 heterocycles. The van der Waals surface area contributed by atoms with Crippen LogP contribution < -0.4 is 100 Å². The molecule has 0 amide bonds. The predicted octanol–water partition coefficient (Wildman–Crippen LogP) is -9.73. The number of ether oxygens (including phenoxy) is 1. The zero-order valence-corrected chi connectivity index (χ0v) is 19.3. The summed E-state index contributed by atoms with van der Waals surface area (Å²) in [7, 11) is -4.74. The third-order valence-electron chi connectivity index (χ3n) is 3.38. The summed E-state index contributed by atoms with van der Waals surface area (Å²) >= 11 is 0. The van der Waals surface area contributed by atoms with Gasteiger partial charge in [0.15, 0.2) is 18.5 Å². The summed E-state index contributed by atoms with van der Waals surface area (Å²) in [6.45, 7) is 0. The standard InChI is InChI=1S/C12H16NO8P.K.Na/c14-9-8(3-5-22(18,19)20)21-11(10(9)15)13-4-1-2-7(6-13)12(16)17;;/h1-2,4,6,8-11,14-15H,3,5H2,(H2-,16,17,18,19,20);;/q;2*+1/p-2/t8-,9-,10-,11-;;/m1../s1. The summed E-state index contributed by atoms with van der Waals surface area (Å²) in [6.07, 6.45) is -3.34. The first-order valence-corrected chi connectivity index (χ1v) is 8.16. The molecule has 0 aromatic carbocycles. The molecule has 1 fully saturated rings. The van der Waals surface area contributed by atoms with E-state index in [1.54, 1.807) is 0 Å². The third-order valence-corrected chi connectivity index (χ3v) is 4.18. The van der Waals surface area contributed by atoms with Crippen LogP contribution in [-0.4, -0.2) is 40.7 Å². The number of rotatable bonds is 5. The Hall–Kier alpha value is 1.29. The molecule has 1 aromatic rings. The summed E-state index contributed by atoms with van der Waals surface area (Å²) in [4.78, 5) is 32.1. The molecule has 0 spiro atoms. The van der Waals surface area contributed by atoms with Crippen molar-refractivity contribution in [2.75, 3.05) is 6.16 Å². The predicted molar refractivity (Wildman–Crippen MR) is 64.0 cm³/mol. The first kappa shape index (κ1) is 25.3. The molecule has 12 heteroatoms. The Bertz CT molecular complexity index is 614. The van der Waals surface area contributed by atoms with Gasteiger partial charge in [-0.05, 0) is 18.6 Å². The molecular weight excluding hydrogens is 379 g/mol. The van der Waals surface area contributed by atoms with E-state index in [0.717, 1.165) is 6.20 Å². The van der Waals surface area contributed by atoms with E-state index in [9.17, 15) is 34.5 Å². The second kappa shape index (κ2) is 10.6. The van der Waals surface area contributed by atoms with Crippen molar-refractivity contribution in [3.63, 3.8) is 0 Å². The molecule has 0 saturated carbocycles. The van der Waals surface area contributed by atoms with Crippen LogP contribution in [0.2, 0.25) is 0 Å². The number of nitrogens with zero attached hydrogens (tertiary/aromatic N) is 1. The number of aromatic carboxylic acids is 1. The molecule has 2 N–H and O–H groups in total. The molecular formula is C12H14KNNaO8P. The average Bonchev–Trinajstić information content (AvgIpc) is 2.72. The number of aliphatic hydroxyl groups is 2.